The highest BCUT2D eigenvalue weighted by Gasteiger charge is 2.22. The Morgan fingerprint density at radius 3 is 2.83 bits per heavy atom. The number of rotatable bonds is 8. The average Bonchev–Trinajstić information content (AvgIpc) is 3.19. The molecule has 0 bridgehead atoms. The van der Waals surface area contributed by atoms with Crippen molar-refractivity contribution in [3.63, 3.8) is 0 Å². The SMILES string of the molecule is COCCOc1ccc2c(c1)N=CC(C(=O)Nc1ccc(Cl)c3c1cnn3Cc1ccccc1)CC2. The Balaban J connectivity index is 1.32. The molecular weight excluding hydrogens is 476 g/mol. The summed E-state index contributed by atoms with van der Waals surface area (Å²) >= 11 is 6.54. The molecule has 7 nitrogen and oxygen atoms in total. The number of methoxy groups -OCH3 is 1. The lowest BCUT2D eigenvalue weighted by Crippen LogP contribution is -2.24. The van der Waals surface area contributed by atoms with Gasteiger partial charge in [-0.25, -0.2) is 0 Å². The molecule has 5 rings (SSSR count). The van der Waals surface area contributed by atoms with E-state index in [0.29, 0.717) is 36.9 Å². The fraction of sp³-hybridized carbons (Fsp3) is 0.250. The molecule has 0 saturated carbocycles. The molecule has 3 aromatic carbocycles. The second-order valence-electron chi connectivity index (χ2n) is 8.69. The molecule has 1 aromatic heterocycles. The summed E-state index contributed by atoms with van der Waals surface area (Å²) in [5.41, 5.74) is 4.52. The van der Waals surface area contributed by atoms with Crippen molar-refractivity contribution in [1.29, 1.82) is 0 Å². The summed E-state index contributed by atoms with van der Waals surface area (Å²) in [5, 5.41) is 9.02. The van der Waals surface area contributed by atoms with Crippen LogP contribution in [-0.2, 0) is 22.5 Å². The van der Waals surface area contributed by atoms with Crippen LogP contribution in [0.25, 0.3) is 10.9 Å². The fourth-order valence-corrected chi connectivity index (χ4v) is 4.60. The Kier molecular flexibility index (Phi) is 7.30. The number of carbonyl (C=O) groups excluding carboxylic acids is 1. The quantitative estimate of drug-likeness (QED) is 0.315. The first-order chi connectivity index (χ1) is 17.6. The van der Waals surface area contributed by atoms with Gasteiger partial charge in [0.25, 0.3) is 0 Å². The molecule has 1 amide bonds. The van der Waals surface area contributed by atoms with Gasteiger partial charge in [-0.1, -0.05) is 48.0 Å². The zero-order valence-electron chi connectivity index (χ0n) is 20.0. The predicted molar refractivity (Wildman–Crippen MR) is 143 cm³/mol. The van der Waals surface area contributed by atoms with E-state index < -0.39 is 0 Å². The van der Waals surface area contributed by atoms with Crippen molar-refractivity contribution in [2.45, 2.75) is 19.4 Å². The van der Waals surface area contributed by atoms with E-state index in [1.807, 2.05) is 59.3 Å². The summed E-state index contributed by atoms with van der Waals surface area (Å²) in [6, 6.07) is 19.5. The lowest BCUT2D eigenvalue weighted by molar-refractivity contribution is -0.118. The number of nitrogens with one attached hydrogen (secondary N) is 1. The molecule has 1 atom stereocenters. The van der Waals surface area contributed by atoms with E-state index in [4.69, 9.17) is 21.1 Å². The van der Waals surface area contributed by atoms with E-state index in [1.165, 1.54) is 0 Å². The van der Waals surface area contributed by atoms with Crippen LogP contribution in [0.2, 0.25) is 5.02 Å². The maximum atomic E-state index is 13.2. The molecule has 0 fully saturated rings. The first kappa shape index (κ1) is 24.0. The van der Waals surface area contributed by atoms with Gasteiger partial charge < -0.3 is 14.8 Å². The summed E-state index contributed by atoms with van der Waals surface area (Å²) in [4.78, 5) is 17.9. The number of benzene rings is 3. The molecule has 36 heavy (non-hydrogen) atoms. The van der Waals surface area contributed by atoms with Gasteiger partial charge in [-0.05, 0) is 42.2 Å². The molecule has 184 valence electrons. The maximum absolute atomic E-state index is 13.2. The maximum Gasteiger partial charge on any atom is 0.232 e. The van der Waals surface area contributed by atoms with Gasteiger partial charge >= 0.3 is 0 Å². The summed E-state index contributed by atoms with van der Waals surface area (Å²) in [6.45, 7) is 1.58. The van der Waals surface area contributed by atoms with E-state index in [0.717, 1.165) is 39.9 Å². The molecule has 4 aromatic rings. The van der Waals surface area contributed by atoms with Crippen molar-refractivity contribution in [2.24, 2.45) is 10.9 Å². The zero-order chi connectivity index (χ0) is 24.9. The molecule has 0 aliphatic carbocycles. The normalized spacial score (nSPS) is 14.9. The van der Waals surface area contributed by atoms with Gasteiger partial charge in [-0.15, -0.1) is 0 Å². The fourth-order valence-electron chi connectivity index (χ4n) is 4.33. The van der Waals surface area contributed by atoms with E-state index in [2.05, 4.69) is 15.4 Å². The third kappa shape index (κ3) is 5.27. The molecule has 8 heteroatoms. The van der Waals surface area contributed by atoms with Crippen molar-refractivity contribution >= 4 is 46.0 Å². The molecule has 1 aliphatic rings. The number of ether oxygens (including phenoxy) is 2. The number of aryl methyl sites for hydroxylation is 1. The second kappa shape index (κ2) is 10.9. The number of aromatic nitrogens is 2. The molecule has 1 unspecified atom stereocenters. The Morgan fingerprint density at radius 2 is 2.00 bits per heavy atom. The van der Waals surface area contributed by atoms with Crippen LogP contribution in [0.5, 0.6) is 5.75 Å². The topological polar surface area (TPSA) is 77.7 Å². The van der Waals surface area contributed by atoms with Crippen LogP contribution in [0.3, 0.4) is 0 Å². The largest absolute Gasteiger partial charge is 0.491 e. The van der Waals surface area contributed by atoms with Crippen LogP contribution in [0.15, 0.2) is 71.9 Å². The van der Waals surface area contributed by atoms with Gasteiger partial charge in [0.15, 0.2) is 0 Å². The van der Waals surface area contributed by atoms with E-state index >= 15 is 0 Å². The Morgan fingerprint density at radius 1 is 1.14 bits per heavy atom. The molecule has 1 aliphatic heterocycles. The number of anilines is 1. The van der Waals surface area contributed by atoms with Crippen LogP contribution < -0.4 is 10.1 Å². The van der Waals surface area contributed by atoms with Crippen molar-refractivity contribution in [3.05, 3.63) is 83.0 Å². The number of hydrogen-bond donors (Lipinski definition) is 1. The minimum absolute atomic E-state index is 0.109. The van der Waals surface area contributed by atoms with Crippen LogP contribution in [-0.4, -0.2) is 42.2 Å². The minimum atomic E-state index is -0.361. The third-order valence-electron chi connectivity index (χ3n) is 6.25. The van der Waals surface area contributed by atoms with Crippen LogP contribution in [0.1, 0.15) is 17.5 Å². The Labute approximate surface area is 214 Å². The number of hydrogen-bond acceptors (Lipinski definition) is 5. The van der Waals surface area contributed by atoms with Gasteiger partial charge in [0.2, 0.25) is 5.91 Å². The first-order valence-corrected chi connectivity index (χ1v) is 12.3. The number of halogens is 1. The van der Waals surface area contributed by atoms with Gasteiger partial charge in [0.1, 0.15) is 12.4 Å². The molecular formula is C28H27ClN4O3. The second-order valence-corrected chi connectivity index (χ2v) is 9.10. The van der Waals surface area contributed by atoms with Crippen LogP contribution in [0, 0.1) is 5.92 Å². The summed E-state index contributed by atoms with van der Waals surface area (Å²) < 4.78 is 12.6. The van der Waals surface area contributed by atoms with Crippen molar-refractivity contribution in [3.8, 4) is 5.75 Å². The summed E-state index contributed by atoms with van der Waals surface area (Å²) in [7, 11) is 1.64. The standard InChI is InChI=1S/C28H27ClN4O3/c1-35-13-14-36-22-10-9-20-7-8-21(16-30-26(20)15-22)28(34)32-25-12-11-24(29)27-23(25)17-31-33(27)18-19-5-3-2-4-6-19/h2-6,9-12,15-17,21H,7-8,13-14,18H2,1H3,(H,32,34). The molecule has 1 N–H and O–H groups in total. The molecule has 2 heterocycles. The monoisotopic (exact) mass is 502 g/mol. The van der Waals surface area contributed by atoms with Crippen molar-refractivity contribution in [1.82, 2.24) is 9.78 Å². The highest BCUT2D eigenvalue weighted by molar-refractivity contribution is 6.35. The number of amides is 1. The lowest BCUT2D eigenvalue weighted by atomic mass is 10.00. The van der Waals surface area contributed by atoms with Crippen molar-refractivity contribution in [2.75, 3.05) is 25.6 Å². The van der Waals surface area contributed by atoms with Gasteiger partial charge in [-0.3, -0.25) is 14.5 Å². The number of carbonyl (C=O) groups is 1. The van der Waals surface area contributed by atoms with E-state index in [-0.39, 0.29) is 11.8 Å². The zero-order valence-corrected chi connectivity index (χ0v) is 20.7. The van der Waals surface area contributed by atoms with Gasteiger partial charge in [0, 0.05) is 24.8 Å². The average molecular weight is 503 g/mol. The number of nitrogens with zero attached hydrogens (tertiary/aromatic N) is 3. The molecule has 0 radical (unpaired) electrons. The Hall–Kier alpha value is -3.68. The highest BCUT2D eigenvalue weighted by atomic mass is 35.5. The predicted octanol–water partition coefficient (Wildman–Crippen LogP) is 5.67. The Bertz CT molecular complexity index is 1400. The summed E-state index contributed by atoms with van der Waals surface area (Å²) in [6.07, 6.45) is 4.89. The summed E-state index contributed by atoms with van der Waals surface area (Å²) in [5.74, 6) is 0.268. The van der Waals surface area contributed by atoms with E-state index in [9.17, 15) is 4.79 Å². The lowest BCUT2D eigenvalue weighted by Gasteiger charge is -2.13. The highest BCUT2D eigenvalue weighted by Crippen LogP contribution is 2.32. The number of aliphatic imine (C=N–C) groups is 1. The third-order valence-corrected chi connectivity index (χ3v) is 6.56. The minimum Gasteiger partial charge on any atom is -0.491 e. The number of fused-ring (bicyclic) bond motifs is 2. The van der Waals surface area contributed by atoms with Crippen LogP contribution >= 0.6 is 11.6 Å². The van der Waals surface area contributed by atoms with E-state index in [1.54, 1.807) is 25.6 Å². The molecule has 0 saturated heterocycles. The smallest absolute Gasteiger partial charge is 0.232 e. The van der Waals surface area contributed by atoms with Gasteiger partial charge in [-0.2, -0.15) is 5.10 Å². The first-order valence-electron chi connectivity index (χ1n) is 11.9. The molecule has 0 spiro atoms. The van der Waals surface area contributed by atoms with Crippen molar-refractivity contribution < 1.29 is 14.3 Å². The van der Waals surface area contributed by atoms with Crippen LogP contribution in [0.4, 0.5) is 11.4 Å². The van der Waals surface area contributed by atoms with Gasteiger partial charge in [0.05, 0.1) is 47.2 Å².